The number of aliphatic hydroxyl groups is 1. The van der Waals surface area contributed by atoms with Crippen LogP contribution in [0.3, 0.4) is 0 Å². The molecule has 22 heavy (non-hydrogen) atoms. The summed E-state index contributed by atoms with van der Waals surface area (Å²) >= 11 is 1.46. The van der Waals surface area contributed by atoms with Crippen molar-refractivity contribution in [2.75, 3.05) is 0 Å². The Morgan fingerprint density at radius 1 is 1.36 bits per heavy atom. The number of hydrogen-bond acceptors (Lipinski definition) is 8. The van der Waals surface area contributed by atoms with E-state index < -0.39 is 0 Å². The Bertz CT molecular complexity index is 722. The molecule has 0 saturated heterocycles. The van der Waals surface area contributed by atoms with E-state index in [0.29, 0.717) is 23.3 Å². The van der Waals surface area contributed by atoms with Crippen LogP contribution < -0.4 is 0 Å². The first-order valence-electron chi connectivity index (χ1n) is 6.82. The van der Waals surface area contributed by atoms with Crippen LogP contribution in [0, 0.1) is 0 Å². The zero-order chi connectivity index (χ0) is 15.4. The van der Waals surface area contributed by atoms with Gasteiger partial charge in [0.1, 0.15) is 12.9 Å². The highest BCUT2D eigenvalue weighted by molar-refractivity contribution is 7.98. The van der Waals surface area contributed by atoms with Crippen molar-refractivity contribution in [1.29, 1.82) is 0 Å². The molecule has 9 heteroatoms. The Balaban J connectivity index is 1.69. The van der Waals surface area contributed by atoms with E-state index in [2.05, 4.69) is 27.3 Å². The van der Waals surface area contributed by atoms with E-state index in [1.165, 1.54) is 11.8 Å². The second kappa shape index (κ2) is 6.75. The molecule has 3 rings (SSSR count). The monoisotopic (exact) mass is 321 g/mol. The van der Waals surface area contributed by atoms with Gasteiger partial charge < -0.3 is 18.6 Å². The van der Waals surface area contributed by atoms with Gasteiger partial charge in [0, 0.05) is 6.54 Å². The predicted octanol–water partition coefficient (Wildman–Crippen LogP) is 2.12. The van der Waals surface area contributed by atoms with Crippen LogP contribution in [0.25, 0.3) is 11.5 Å². The van der Waals surface area contributed by atoms with Crippen molar-refractivity contribution in [3.63, 3.8) is 0 Å². The van der Waals surface area contributed by atoms with E-state index in [9.17, 15) is 5.11 Å². The van der Waals surface area contributed by atoms with Crippen molar-refractivity contribution in [2.24, 2.45) is 0 Å². The van der Waals surface area contributed by atoms with Gasteiger partial charge in [0.05, 0.1) is 17.6 Å². The SMILES string of the molecule is CCCn1c(CO)nnc1SCc1noc(-c2ccoc2)n1. The van der Waals surface area contributed by atoms with E-state index in [4.69, 9.17) is 8.94 Å². The highest BCUT2D eigenvalue weighted by atomic mass is 32.2. The molecule has 0 saturated carbocycles. The van der Waals surface area contributed by atoms with E-state index in [-0.39, 0.29) is 6.61 Å². The summed E-state index contributed by atoms with van der Waals surface area (Å²) in [6.45, 7) is 2.70. The zero-order valence-electron chi connectivity index (χ0n) is 12.0. The molecule has 3 aromatic rings. The first-order valence-corrected chi connectivity index (χ1v) is 7.81. The third-order valence-corrected chi connectivity index (χ3v) is 3.91. The largest absolute Gasteiger partial charge is 0.472 e. The normalized spacial score (nSPS) is 11.2. The maximum atomic E-state index is 9.27. The average molecular weight is 321 g/mol. The Kier molecular flexibility index (Phi) is 4.54. The molecule has 0 spiro atoms. The van der Waals surface area contributed by atoms with Crippen molar-refractivity contribution in [2.45, 2.75) is 37.4 Å². The summed E-state index contributed by atoms with van der Waals surface area (Å²) in [6, 6.07) is 1.76. The summed E-state index contributed by atoms with van der Waals surface area (Å²) in [4.78, 5) is 4.30. The van der Waals surface area contributed by atoms with Crippen LogP contribution in [0.5, 0.6) is 0 Å². The fraction of sp³-hybridized carbons (Fsp3) is 0.385. The summed E-state index contributed by atoms with van der Waals surface area (Å²) in [5, 5.41) is 22.0. The molecule has 0 aliphatic heterocycles. The minimum atomic E-state index is -0.125. The van der Waals surface area contributed by atoms with E-state index >= 15 is 0 Å². The lowest BCUT2D eigenvalue weighted by Gasteiger charge is -2.05. The van der Waals surface area contributed by atoms with Crippen LogP contribution in [0.1, 0.15) is 25.0 Å². The summed E-state index contributed by atoms with van der Waals surface area (Å²) in [6.07, 6.45) is 4.04. The molecule has 8 nitrogen and oxygen atoms in total. The third-order valence-electron chi connectivity index (χ3n) is 2.95. The maximum Gasteiger partial charge on any atom is 0.261 e. The number of furan rings is 1. The number of thioether (sulfide) groups is 1. The fourth-order valence-electron chi connectivity index (χ4n) is 1.94. The molecule has 0 aliphatic rings. The molecular weight excluding hydrogens is 306 g/mol. The van der Waals surface area contributed by atoms with Crippen LogP contribution in [-0.2, 0) is 18.9 Å². The molecule has 0 amide bonds. The Morgan fingerprint density at radius 3 is 3.00 bits per heavy atom. The Labute approximate surface area is 130 Å². The number of rotatable bonds is 7. The van der Waals surface area contributed by atoms with E-state index in [1.54, 1.807) is 18.6 Å². The molecule has 0 aliphatic carbocycles. The van der Waals surface area contributed by atoms with Crippen molar-refractivity contribution < 1.29 is 14.0 Å². The van der Waals surface area contributed by atoms with Crippen molar-refractivity contribution in [1.82, 2.24) is 24.9 Å². The number of aromatic nitrogens is 5. The summed E-state index contributed by atoms with van der Waals surface area (Å²) < 4.78 is 12.1. The van der Waals surface area contributed by atoms with Crippen LogP contribution in [-0.4, -0.2) is 30.0 Å². The van der Waals surface area contributed by atoms with Gasteiger partial charge in [-0.15, -0.1) is 10.2 Å². The number of nitrogens with zero attached hydrogens (tertiary/aromatic N) is 5. The van der Waals surface area contributed by atoms with Gasteiger partial charge in [0.15, 0.2) is 16.8 Å². The Hall–Kier alpha value is -2.13. The van der Waals surface area contributed by atoms with Crippen molar-refractivity contribution in [3.05, 3.63) is 30.2 Å². The molecule has 1 N–H and O–H groups in total. The molecule has 0 fully saturated rings. The standard InChI is InChI=1S/C13H15N5O3S/c1-2-4-18-11(6-19)15-16-13(18)22-8-10-14-12(21-17-10)9-3-5-20-7-9/h3,5,7,19H,2,4,6,8H2,1H3. The molecule has 0 radical (unpaired) electrons. The lowest BCUT2D eigenvalue weighted by atomic mass is 10.3. The van der Waals surface area contributed by atoms with Gasteiger partial charge in [-0.05, 0) is 12.5 Å². The lowest BCUT2D eigenvalue weighted by Crippen LogP contribution is -2.04. The molecule has 0 aromatic carbocycles. The molecule has 116 valence electrons. The summed E-state index contributed by atoms with van der Waals surface area (Å²) in [5.74, 6) is 2.07. The third kappa shape index (κ3) is 3.04. The van der Waals surface area contributed by atoms with Gasteiger partial charge in [-0.2, -0.15) is 4.98 Å². The zero-order valence-corrected chi connectivity index (χ0v) is 12.8. The first-order chi connectivity index (χ1) is 10.8. The predicted molar refractivity (Wildman–Crippen MR) is 77.8 cm³/mol. The average Bonchev–Trinajstić information content (AvgIpc) is 3.26. The smallest absolute Gasteiger partial charge is 0.261 e. The molecular formula is C13H15N5O3S. The minimum absolute atomic E-state index is 0.125. The summed E-state index contributed by atoms with van der Waals surface area (Å²) in [7, 11) is 0. The van der Waals surface area contributed by atoms with Gasteiger partial charge in [-0.25, -0.2) is 0 Å². The van der Waals surface area contributed by atoms with Crippen LogP contribution >= 0.6 is 11.8 Å². The van der Waals surface area contributed by atoms with E-state index in [1.807, 2.05) is 4.57 Å². The van der Waals surface area contributed by atoms with Gasteiger partial charge in [0.25, 0.3) is 5.89 Å². The molecule has 0 atom stereocenters. The van der Waals surface area contributed by atoms with Crippen LogP contribution in [0.15, 0.2) is 32.7 Å². The van der Waals surface area contributed by atoms with Gasteiger partial charge in [-0.3, -0.25) is 0 Å². The highest BCUT2D eigenvalue weighted by Gasteiger charge is 2.14. The molecule has 0 bridgehead atoms. The van der Waals surface area contributed by atoms with Gasteiger partial charge in [0.2, 0.25) is 0 Å². The van der Waals surface area contributed by atoms with Crippen molar-refractivity contribution >= 4 is 11.8 Å². The number of aliphatic hydroxyl groups excluding tert-OH is 1. The molecule has 3 aromatic heterocycles. The summed E-state index contributed by atoms with van der Waals surface area (Å²) in [5.41, 5.74) is 0.750. The van der Waals surface area contributed by atoms with Gasteiger partial charge >= 0.3 is 0 Å². The number of hydrogen-bond donors (Lipinski definition) is 1. The maximum absolute atomic E-state index is 9.27. The molecule has 0 unspecified atom stereocenters. The highest BCUT2D eigenvalue weighted by Crippen LogP contribution is 2.23. The quantitative estimate of drug-likeness (QED) is 0.660. The van der Waals surface area contributed by atoms with Gasteiger partial charge in [-0.1, -0.05) is 23.8 Å². The molecule has 3 heterocycles. The first kappa shape index (κ1) is 14.8. The Morgan fingerprint density at radius 2 is 2.27 bits per heavy atom. The van der Waals surface area contributed by atoms with Crippen molar-refractivity contribution in [3.8, 4) is 11.5 Å². The lowest BCUT2D eigenvalue weighted by molar-refractivity contribution is 0.263. The minimum Gasteiger partial charge on any atom is -0.472 e. The second-order valence-electron chi connectivity index (χ2n) is 4.53. The van der Waals surface area contributed by atoms with E-state index in [0.717, 1.165) is 23.7 Å². The van der Waals surface area contributed by atoms with Crippen LogP contribution in [0.2, 0.25) is 0 Å². The van der Waals surface area contributed by atoms with Crippen LogP contribution in [0.4, 0.5) is 0 Å². The second-order valence-corrected chi connectivity index (χ2v) is 5.47. The topological polar surface area (TPSA) is 103 Å². The fourth-order valence-corrected chi connectivity index (χ4v) is 2.76.